The van der Waals surface area contributed by atoms with Gasteiger partial charge in [0.2, 0.25) is 5.91 Å². The SMILES string of the molecule is O=C(CCN1CCCCO1)N1CCCC[C@H]1c1cccnc1. The molecule has 120 valence electrons. The molecule has 2 aliphatic rings. The maximum atomic E-state index is 12.6. The molecule has 3 heterocycles. The third-order valence-electron chi connectivity index (χ3n) is 4.54. The van der Waals surface area contributed by atoms with Crippen molar-refractivity contribution in [2.45, 2.75) is 44.6 Å². The van der Waals surface area contributed by atoms with Gasteiger partial charge >= 0.3 is 0 Å². The Hall–Kier alpha value is -1.46. The first-order chi connectivity index (χ1) is 10.8. The molecule has 0 bridgehead atoms. The summed E-state index contributed by atoms with van der Waals surface area (Å²) in [6.45, 7) is 3.30. The van der Waals surface area contributed by atoms with E-state index in [4.69, 9.17) is 4.84 Å². The van der Waals surface area contributed by atoms with E-state index in [0.717, 1.165) is 50.9 Å². The van der Waals surface area contributed by atoms with E-state index in [1.54, 1.807) is 6.20 Å². The van der Waals surface area contributed by atoms with Gasteiger partial charge in [0.1, 0.15) is 0 Å². The van der Waals surface area contributed by atoms with Gasteiger partial charge in [-0.15, -0.1) is 0 Å². The second-order valence-corrected chi connectivity index (χ2v) is 6.10. The second kappa shape index (κ2) is 7.70. The first kappa shape index (κ1) is 15.4. The lowest BCUT2D eigenvalue weighted by Crippen LogP contribution is -2.40. The number of likely N-dealkylation sites (tertiary alicyclic amines) is 1. The van der Waals surface area contributed by atoms with E-state index in [9.17, 15) is 4.79 Å². The quantitative estimate of drug-likeness (QED) is 0.857. The van der Waals surface area contributed by atoms with Crippen molar-refractivity contribution in [3.05, 3.63) is 30.1 Å². The lowest BCUT2D eigenvalue weighted by atomic mass is 9.96. The number of piperidine rings is 1. The molecular weight excluding hydrogens is 278 g/mol. The van der Waals surface area contributed by atoms with Gasteiger partial charge in [0, 0.05) is 38.4 Å². The summed E-state index contributed by atoms with van der Waals surface area (Å²) in [5, 5.41) is 1.95. The number of hydroxylamine groups is 2. The number of hydrogen-bond donors (Lipinski definition) is 0. The van der Waals surface area contributed by atoms with E-state index in [-0.39, 0.29) is 11.9 Å². The van der Waals surface area contributed by atoms with Crippen LogP contribution in [0.5, 0.6) is 0 Å². The van der Waals surface area contributed by atoms with Crippen molar-refractivity contribution < 1.29 is 9.63 Å². The molecule has 2 aliphatic heterocycles. The summed E-state index contributed by atoms with van der Waals surface area (Å²) in [7, 11) is 0. The van der Waals surface area contributed by atoms with Gasteiger partial charge in [0.25, 0.3) is 0 Å². The fraction of sp³-hybridized carbons (Fsp3) is 0.647. The standard InChI is InChI=1S/C17H25N3O2/c21-17(8-12-19-10-3-4-13-22-19)20-11-2-1-7-16(20)15-6-5-9-18-14-15/h5-6,9,14,16H,1-4,7-8,10-13H2/t16-/m0/s1. The average Bonchev–Trinajstić information content (AvgIpc) is 2.61. The first-order valence-electron chi connectivity index (χ1n) is 8.42. The highest BCUT2D eigenvalue weighted by Crippen LogP contribution is 2.30. The Morgan fingerprint density at radius 2 is 2.18 bits per heavy atom. The molecule has 5 heteroatoms. The van der Waals surface area contributed by atoms with E-state index in [1.807, 2.05) is 22.2 Å². The zero-order valence-electron chi connectivity index (χ0n) is 13.1. The smallest absolute Gasteiger partial charge is 0.224 e. The maximum absolute atomic E-state index is 12.6. The Balaban J connectivity index is 1.59. The molecule has 2 saturated heterocycles. The largest absolute Gasteiger partial charge is 0.336 e. The number of hydrogen-bond acceptors (Lipinski definition) is 4. The van der Waals surface area contributed by atoms with Crippen LogP contribution in [-0.2, 0) is 9.63 Å². The fourth-order valence-electron chi connectivity index (χ4n) is 3.34. The van der Waals surface area contributed by atoms with Gasteiger partial charge in [-0.25, -0.2) is 0 Å². The van der Waals surface area contributed by atoms with Crippen molar-refractivity contribution in [3.8, 4) is 0 Å². The molecule has 1 amide bonds. The van der Waals surface area contributed by atoms with Crippen LogP contribution in [-0.4, -0.2) is 47.1 Å². The van der Waals surface area contributed by atoms with Gasteiger partial charge in [0.05, 0.1) is 12.6 Å². The van der Waals surface area contributed by atoms with E-state index in [0.29, 0.717) is 13.0 Å². The molecule has 1 atom stereocenters. The maximum Gasteiger partial charge on any atom is 0.224 e. The number of pyridine rings is 1. The lowest BCUT2D eigenvalue weighted by Gasteiger charge is -2.36. The van der Waals surface area contributed by atoms with Crippen LogP contribution in [0.4, 0.5) is 0 Å². The highest BCUT2D eigenvalue weighted by atomic mass is 16.7. The highest BCUT2D eigenvalue weighted by molar-refractivity contribution is 5.77. The molecule has 0 unspecified atom stereocenters. The molecule has 2 fully saturated rings. The predicted octanol–water partition coefficient (Wildman–Crippen LogP) is 2.55. The van der Waals surface area contributed by atoms with Gasteiger partial charge < -0.3 is 4.90 Å². The van der Waals surface area contributed by atoms with Crippen molar-refractivity contribution in [1.82, 2.24) is 14.9 Å². The normalized spacial score (nSPS) is 23.5. The van der Waals surface area contributed by atoms with Gasteiger partial charge in [-0.05, 0) is 43.7 Å². The van der Waals surface area contributed by atoms with Crippen LogP contribution < -0.4 is 0 Å². The molecule has 0 spiro atoms. The molecule has 1 aromatic heterocycles. The molecule has 22 heavy (non-hydrogen) atoms. The molecule has 0 aliphatic carbocycles. The third kappa shape index (κ3) is 3.84. The Labute approximate surface area is 132 Å². The Bertz CT molecular complexity index is 474. The van der Waals surface area contributed by atoms with Crippen LogP contribution in [0.2, 0.25) is 0 Å². The Morgan fingerprint density at radius 3 is 2.95 bits per heavy atom. The number of aromatic nitrogens is 1. The van der Waals surface area contributed by atoms with Crippen molar-refractivity contribution in [1.29, 1.82) is 0 Å². The van der Waals surface area contributed by atoms with Gasteiger partial charge in [-0.3, -0.25) is 14.6 Å². The minimum absolute atomic E-state index is 0.192. The van der Waals surface area contributed by atoms with Gasteiger partial charge in [0.15, 0.2) is 0 Å². The topological polar surface area (TPSA) is 45.7 Å². The molecule has 3 rings (SSSR count). The minimum Gasteiger partial charge on any atom is -0.336 e. The zero-order valence-corrected chi connectivity index (χ0v) is 13.1. The van der Waals surface area contributed by atoms with E-state index >= 15 is 0 Å². The van der Waals surface area contributed by atoms with Crippen LogP contribution in [0.3, 0.4) is 0 Å². The number of carbonyl (C=O) groups excluding carboxylic acids is 1. The third-order valence-corrected chi connectivity index (χ3v) is 4.54. The molecule has 0 radical (unpaired) electrons. The number of carbonyl (C=O) groups is 1. The summed E-state index contributed by atoms with van der Waals surface area (Å²) in [4.78, 5) is 24.5. The number of nitrogens with zero attached hydrogens (tertiary/aromatic N) is 3. The van der Waals surface area contributed by atoms with Crippen LogP contribution in [0.1, 0.15) is 50.1 Å². The van der Waals surface area contributed by atoms with Gasteiger partial charge in [-0.1, -0.05) is 6.07 Å². The minimum atomic E-state index is 0.192. The number of amides is 1. The van der Waals surface area contributed by atoms with Crippen molar-refractivity contribution >= 4 is 5.91 Å². The molecule has 5 nitrogen and oxygen atoms in total. The highest BCUT2D eigenvalue weighted by Gasteiger charge is 2.28. The van der Waals surface area contributed by atoms with Crippen molar-refractivity contribution in [3.63, 3.8) is 0 Å². The summed E-state index contributed by atoms with van der Waals surface area (Å²) in [5.74, 6) is 0.239. The average molecular weight is 303 g/mol. The van der Waals surface area contributed by atoms with E-state index in [1.165, 1.54) is 6.42 Å². The molecular formula is C17H25N3O2. The molecule has 0 aromatic carbocycles. The van der Waals surface area contributed by atoms with Crippen molar-refractivity contribution in [2.24, 2.45) is 0 Å². The van der Waals surface area contributed by atoms with Crippen LogP contribution >= 0.6 is 0 Å². The Morgan fingerprint density at radius 1 is 1.27 bits per heavy atom. The van der Waals surface area contributed by atoms with Crippen LogP contribution in [0.15, 0.2) is 24.5 Å². The lowest BCUT2D eigenvalue weighted by molar-refractivity contribution is -0.183. The van der Waals surface area contributed by atoms with Crippen LogP contribution in [0.25, 0.3) is 0 Å². The summed E-state index contributed by atoms with van der Waals surface area (Å²) in [5.41, 5.74) is 1.16. The monoisotopic (exact) mass is 303 g/mol. The molecule has 0 saturated carbocycles. The van der Waals surface area contributed by atoms with Gasteiger partial charge in [-0.2, -0.15) is 5.06 Å². The van der Waals surface area contributed by atoms with E-state index in [2.05, 4.69) is 11.1 Å². The summed E-state index contributed by atoms with van der Waals surface area (Å²) < 4.78 is 0. The molecule has 1 aromatic rings. The fourth-order valence-corrected chi connectivity index (χ4v) is 3.34. The summed E-state index contributed by atoms with van der Waals surface area (Å²) in [6, 6.07) is 4.22. The summed E-state index contributed by atoms with van der Waals surface area (Å²) in [6.07, 6.45) is 9.82. The predicted molar refractivity (Wildman–Crippen MR) is 83.9 cm³/mol. The number of rotatable bonds is 4. The second-order valence-electron chi connectivity index (χ2n) is 6.10. The van der Waals surface area contributed by atoms with Crippen LogP contribution in [0, 0.1) is 0 Å². The first-order valence-corrected chi connectivity index (χ1v) is 8.42. The summed E-state index contributed by atoms with van der Waals surface area (Å²) >= 11 is 0. The molecule has 0 N–H and O–H groups in total. The Kier molecular flexibility index (Phi) is 5.40. The van der Waals surface area contributed by atoms with E-state index < -0.39 is 0 Å². The van der Waals surface area contributed by atoms with Crippen molar-refractivity contribution in [2.75, 3.05) is 26.2 Å². The zero-order chi connectivity index (χ0) is 15.2.